The number of hydrogen-bond donors (Lipinski definition) is 1. The first-order valence-electron chi connectivity index (χ1n) is 11.9. The lowest BCUT2D eigenvalue weighted by Crippen LogP contribution is -2.19. The first kappa shape index (κ1) is 27.5. The Morgan fingerprint density at radius 1 is 1.00 bits per heavy atom. The Morgan fingerprint density at radius 3 is 2.55 bits per heavy atom. The number of fused-ring (bicyclic) bond motifs is 1. The van der Waals surface area contributed by atoms with E-state index in [9.17, 15) is 8.42 Å². The Labute approximate surface area is 228 Å². The molecule has 4 rings (SSSR count). The first-order valence-corrected chi connectivity index (χ1v) is 13.8. The maximum atomic E-state index is 13.3. The predicted molar refractivity (Wildman–Crippen MR) is 150 cm³/mol. The molecule has 8 nitrogen and oxygen atoms in total. The first-order chi connectivity index (χ1) is 18.2. The number of hydrogen-bond acceptors (Lipinski definition) is 7. The topological polar surface area (TPSA) is 90.0 Å². The number of benzene rings is 3. The minimum Gasteiger partial charge on any atom is -0.493 e. The zero-order valence-corrected chi connectivity index (χ0v) is 23.3. The molecule has 0 amide bonds. The third-order valence-corrected chi connectivity index (χ3v) is 7.79. The number of pyridine rings is 1. The van der Waals surface area contributed by atoms with Gasteiger partial charge in [0.2, 0.25) is 0 Å². The summed E-state index contributed by atoms with van der Waals surface area (Å²) in [6.45, 7) is 3.05. The summed E-state index contributed by atoms with van der Waals surface area (Å²) in [6, 6.07) is 17.8. The lowest BCUT2D eigenvalue weighted by molar-refractivity contribution is 0.249. The maximum absolute atomic E-state index is 13.3. The average molecular weight is 556 g/mol. The molecule has 0 saturated heterocycles. The van der Waals surface area contributed by atoms with E-state index in [2.05, 4.69) is 9.71 Å². The maximum Gasteiger partial charge on any atom is 0.263 e. The van der Waals surface area contributed by atoms with Crippen molar-refractivity contribution in [1.82, 2.24) is 9.88 Å². The lowest BCUT2D eigenvalue weighted by Gasteiger charge is -2.17. The summed E-state index contributed by atoms with van der Waals surface area (Å²) in [5.74, 6) is 1.62. The molecule has 0 aliphatic heterocycles. The highest BCUT2D eigenvalue weighted by atomic mass is 35.5. The number of rotatable bonds is 11. The predicted octanol–water partition coefficient (Wildman–Crippen LogP) is 5.53. The summed E-state index contributed by atoms with van der Waals surface area (Å²) in [7, 11) is 1.55. The zero-order valence-electron chi connectivity index (χ0n) is 21.7. The number of likely N-dealkylation sites (N-methyl/N-ethyl adjacent to an activating group) is 1. The van der Waals surface area contributed by atoms with Gasteiger partial charge in [0.05, 0.1) is 12.0 Å². The zero-order chi connectivity index (χ0) is 27.3. The molecule has 0 atom stereocenters. The fraction of sp³-hybridized carbons (Fsp3) is 0.250. The van der Waals surface area contributed by atoms with Gasteiger partial charge in [0, 0.05) is 28.5 Å². The van der Waals surface area contributed by atoms with Crippen LogP contribution in [0, 0.1) is 6.92 Å². The van der Waals surface area contributed by atoms with Crippen molar-refractivity contribution in [2.24, 2.45) is 0 Å². The molecule has 1 N–H and O–H groups in total. The Hall–Kier alpha value is -3.53. The minimum absolute atomic E-state index is 0.0700. The van der Waals surface area contributed by atoms with Crippen LogP contribution < -0.4 is 18.9 Å². The Kier molecular flexibility index (Phi) is 8.61. The fourth-order valence-electron chi connectivity index (χ4n) is 3.83. The molecular weight excluding hydrogens is 526 g/mol. The number of nitrogens with one attached hydrogen (secondary N) is 1. The molecular formula is C28H30ClN3O5S. The molecule has 0 fully saturated rings. The van der Waals surface area contributed by atoms with Gasteiger partial charge >= 0.3 is 0 Å². The summed E-state index contributed by atoms with van der Waals surface area (Å²) in [6.07, 6.45) is 1.61. The van der Waals surface area contributed by atoms with Crippen LogP contribution in [0.4, 0.5) is 5.82 Å². The van der Waals surface area contributed by atoms with E-state index < -0.39 is 10.0 Å². The van der Waals surface area contributed by atoms with E-state index in [0.717, 1.165) is 22.9 Å². The fourth-order valence-corrected chi connectivity index (χ4v) is 5.35. The van der Waals surface area contributed by atoms with Gasteiger partial charge in [-0.05, 0) is 56.4 Å². The second-order valence-corrected chi connectivity index (χ2v) is 11.0. The molecule has 4 aromatic rings. The number of nitrogens with zero attached hydrogens (tertiary/aromatic N) is 2. The second kappa shape index (κ2) is 11.9. The highest BCUT2D eigenvalue weighted by molar-refractivity contribution is 7.92. The highest BCUT2D eigenvalue weighted by Crippen LogP contribution is 2.35. The normalized spacial score (nSPS) is 11.5. The van der Waals surface area contributed by atoms with Gasteiger partial charge in [0.15, 0.2) is 23.1 Å². The largest absolute Gasteiger partial charge is 0.493 e. The smallest absolute Gasteiger partial charge is 0.263 e. The van der Waals surface area contributed by atoms with E-state index in [1.54, 1.807) is 32.4 Å². The van der Waals surface area contributed by atoms with Crippen molar-refractivity contribution in [1.29, 1.82) is 0 Å². The van der Waals surface area contributed by atoms with Crippen molar-refractivity contribution in [2.75, 3.05) is 39.1 Å². The van der Waals surface area contributed by atoms with Crippen molar-refractivity contribution >= 4 is 38.2 Å². The monoisotopic (exact) mass is 555 g/mol. The third kappa shape index (κ3) is 6.30. The molecule has 38 heavy (non-hydrogen) atoms. The number of ether oxygens (including phenoxy) is 3. The summed E-state index contributed by atoms with van der Waals surface area (Å²) in [4.78, 5) is 6.48. The van der Waals surface area contributed by atoms with Crippen LogP contribution in [0.1, 0.15) is 11.1 Å². The molecule has 3 aromatic carbocycles. The number of halogens is 1. The molecule has 0 radical (unpaired) electrons. The Bertz CT molecular complexity index is 1540. The van der Waals surface area contributed by atoms with Crippen LogP contribution in [0.25, 0.3) is 10.8 Å². The van der Waals surface area contributed by atoms with Gasteiger partial charge in [-0.1, -0.05) is 48.0 Å². The second-order valence-electron chi connectivity index (χ2n) is 8.92. The molecule has 0 aliphatic rings. The quantitative estimate of drug-likeness (QED) is 0.260. The van der Waals surface area contributed by atoms with Gasteiger partial charge < -0.3 is 19.1 Å². The summed E-state index contributed by atoms with van der Waals surface area (Å²) in [5, 5.41) is 1.89. The van der Waals surface area contributed by atoms with Crippen LogP contribution in [-0.2, 0) is 16.6 Å². The third-order valence-electron chi connectivity index (χ3n) is 5.90. The van der Waals surface area contributed by atoms with Gasteiger partial charge in [0.25, 0.3) is 10.0 Å². The molecule has 0 saturated carbocycles. The van der Waals surface area contributed by atoms with Crippen LogP contribution in [0.3, 0.4) is 0 Å². The van der Waals surface area contributed by atoms with E-state index in [1.165, 1.54) is 6.07 Å². The molecule has 1 heterocycles. The van der Waals surface area contributed by atoms with E-state index in [0.29, 0.717) is 34.4 Å². The number of anilines is 1. The molecule has 1 aromatic heterocycles. The number of sulfonamides is 1. The van der Waals surface area contributed by atoms with Crippen molar-refractivity contribution < 1.29 is 22.6 Å². The van der Waals surface area contributed by atoms with Crippen LogP contribution in [-0.4, -0.2) is 52.7 Å². The molecule has 0 bridgehead atoms. The number of methoxy groups -OCH3 is 1. The van der Waals surface area contributed by atoms with E-state index in [1.807, 2.05) is 61.5 Å². The van der Waals surface area contributed by atoms with Crippen molar-refractivity contribution in [3.05, 3.63) is 83.0 Å². The van der Waals surface area contributed by atoms with Gasteiger partial charge in [-0.2, -0.15) is 0 Å². The minimum atomic E-state index is -3.99. The van der Waals surface area contributed by atoms with E-state index in [-0.39, 0.29) is 17.3 Å². The lowest BCUT2D eigenvalue weighted by atomic mass is 10.1. The van der Waals surface area contributed by atoms with E-state index >= 15 is 0 Å². The molecule has 200 valence electrons. The van der Waals surface area contributed by atoms with Gasteiger partial charge in [-0.3, -0.25) is 4.72 Å². The van der Waals surface area contributed by atoms with Crippen molar-refractivity contribution in [3.8, 4) is 17.2 Å². The highest BCUT2D eigenvalue weighted by Gasteiger charge is 2.22. The Morgan fingerprint density at radius 2 is 1.79 bits per heavy atom. The average Bonchev–Trinajstić information content (AvgIpc) is 2.89. The molecule has 0 unspecified atom stereocenters. The Balaban J connectivity index is 1.65. The van der Waals surface area contributed by atoms with Crippen molar-refractivity contribution in [3.63, 3.8) is 0 Å². The molecule has 0 aliphatic carbocycles. The van der Waals surface area contributed by atoms with Gasteiger partial charge in [-0.15, -0.1) is 0 Å². The number of aromatic nitrogens is 1. The van der Waals surface area contributed by atoms with Crippen LogP contribution in [0.5, 0.6) is 17.2 Å². The molecule has 0 spiro atoms. The van der Waals surface area contributed by atoms with Crippen LogP contribution in [0.2, 0.25) is 5.02 Å². The van der Waals surface area contributed by atoms with Crippen LogP contribution in [0.15, 0.2) is 71.8 Å². The van der Waals surface area contributed by atoms with Crippen molar-refractivity contribution in [2.45, 2.75) is 18.4 Å². The van der Waals surface area contributed by atoms with Gasteiger partial charge in [0.1, 0.15) is 13.2 Å². The van der Waals surface area contributed by atoms with E-state index in [4.69, 9.17) is 25.8 Å². The molecule has 10 heteroatoms. The summed E-state index contributed by atoms with van der Waals surface area (Å²) in [5.41, 5.74) is 1.27. The SMILES string of the molecule is COc1ccc(COc2c(NS(=O)(=O)c3cccc(Cl)c3C)ncc3ccccc23)cc1OCCN(C)C. The summed E-state index contributed by atoms with van der Waals surface area (Å²) >= 11 is 6.18. The summed E-state index contributed by atoms with van der Waals surface area (Å²) < 4.78 is 46.8. The van der Waals surface area contributed by atoms with Gasteiger partial charge in [-0.25, -0.2) is 13.4 Å². The van der Waals surface area contributed by atoms with Crippen LogP contribution >= 0.6 is 11.6 Å². The standard InChI is InChI=1S/C28H30ClN3O5S/c1-19-23(29)10-7-11-26(19)38(33,34)31-28-27(22-9-6-5-8-21(22)17-30-28)37-18-20-12-13-24(35-4)25(16-20)36-15-14-32(2)3/h5-13,16-17H,14-15,18H2,1-4H3,(H,30,31).